The number of halogens is 1. The van der Waals surface area contributed by atoms with E-state index in [9.17, 15) is 9.59 Å². The summed E-state index contributed by atoms with van der Waals surface area (Å²) >= 11 is 0. The zero-order valence-corrected chi connectivity index (χ0v) is 12.2. The van der Waals surface area contributed by atoms with Gasteiger partial charge in [-0.05, 0) is 6.92 Å². The van der Waals surface area contributed by atoms with Crippen LogP contribution in [0.3, 0.4) is 0 Å². The molecule has 2 fully saturated rings. The molecule has 18 heavy (non-hydrogen) atoms. The summed E-state index contributed by atoms with van der Waals surface area (Å²) < 4.78 is 10.4. The number of hydrogen-bond donors (Lipinski definition) is 0. The minimum Gasteiger partial charge on any atom is -0.452 e. The Kier molecular flexibility index (Phi) is 6.04. The number of nitrogens with zero attached hydrogens (tertiary/aromatic N) is 2. The topological polar surface area (TPSA) is 59.1 Å². The lowest BCUT2D eigenvalue weighted by atomic mass is 10.2. The van der Waals surface area contributed by atoms with E-state index in [4.69, 9.17) is 9.47 Å². The van der Waals surface area contributed by atoms with Crippen molar-refractivity contribution in [2.75, 3.05) is 45.9 Å². The maximum atomic E-state index is 11.4. The van der Waals surface area contributed by atoms with Crippen LogP contribution >= 0.6 is 17.0 Å². The molecule has 2 rings (SSSR count). The second-order valence-electron chi connectivity index (χ2n) is 4.28. The first-order valence-electron chi connectivity index (χ1n) is 6.00. The Hall–Kier alpha value is -0.660. The molecule has 104 valence electrons. The van der Waals surface area contributed by atoms with Gasteiger partial charge in [0.1, 0.15) is 6.10 Å². The molecule has 7 heteroatoms. The highest BCUT2D eigenvalue weighted by molar-refractivity contribution is 8.93. The van der Waals surface area contributed by atoms with Crippen LogP contribution in [0.5, 0.6) is 0 Å². The van der Waals surface area contributed by atoms with Gasteiger partial charge in [-0.25, -0.2) is 4.79 Å². The van der Waals surface area contributed by atoms with Crippen LogP contribution in [0.4, 0.5) is 0 Å². The van der Waals surface area contributed by atoms with Gasteiger partial charge in [-0.15, -0.1) is 17.0 Å². The third-order valence-corrected chi connectivity index (χ3v) is 3.11. The lowest BCUT2D eigenvalue weighted by Gasteiger charge is -2.35. The lowest BCUT2D eigenvalue weighted by Crippen LogP contribution is -2.53. The Morgan fingerprint density at radius 3 is 2.56 bits per heavy atom. The van der Waals surface area contributed by atoms with Gasteiger partial charge in [0.25, 0.3) is 0 Å². The Morgan fingerprint density at radius 2 is 1.94 bits per heavy atom. The molecule has 0 saturated carbocycles. The highest BCUT2D eigenvalue weighted by atomic mass is 79.9. The van der Waals surface area contributed by atoms with Gasteiger partial charge in [-0.3, -0.25) is 9.69 Å². The van der Waals surface area contributed by atoms with Crippen LogP contribution in [-0.4, -0.2) is 73.7 Å². The van der Waals surface area contributed by atoms with E-state index in [1.54, 1.807) is 0 Å². The Morgan fingerprint density at radius 1 is 1.28 bits per heavy atom. The van der Waals surface area contributed by atoms with E-state index in [1.165, 1.54) is 4.90 Å². The van der Waals surface area contributed by atoms with Gasteiger partial charge in [0.15, 0.2) is 0 Å². The molecule has 2 saturated heterocycles. The molecule has 6 nitrogen and oxygen atoms in total. The van der Waals surface area contributed by atoms with Crippen molar-refractivity contribution in [1.29, 1.82) is 0 Å². The van der Waals surface area contributed by atoms with E-state index in [2.05, 4.69) is 4.90 Å². The first-order valence-corrected chi connectivity index (χ1v) is 6.00. The molecule has 2 aliphatic rings. The Labute approximate surface area is 117 Å². The zero-order chi connectivity index (χ0) is 12.3. The normalized spacial score (nSPS) is 25.6. The molecular formula is C11H19BrN2O4. The van der Waals surface area contributed by atoms with Gasteiger partial charge >= 0.3 is 11.9 Å². The molecule has 0 N–H and O–H groups in total. The number of ether oxygens (including phenoxy) is 2. The fourth-order valence-electron chi connectivity index (χ4n) is 2.14. The number of amides is 1. The van der Waals surface area contributed by atoms with Crippen LogP contribution in [0.25, 0.3) is 0 Å². The number of hydrogen-bond acceptors (Lipinski definition) is 5. The number of morpholine rings is 2. The van der Waals surface area contributed by atoms with Gasteiger partial charge in [-0.2, -0.15) is 0 Å². The van der Waals surface area contributed by atoms with E-state index < -0.39 is 11.9 Å². The zero-order valence-electron chi connectivity index (χ0n) is 10.5. The third-order valence-electron chi connectivity index (χ3n) is 3.11. The summed E-state index contributed by atoms with van der Waals surface area (Å²) in [6.45, 7) is 6.74. The van der Waals surface area contributed by atoms with Crippen molar-refractivity contribution >= 4 is 28.9 Å². The summed E-state index contributed by atoms with van der Waals surface area (Å²) in [7, 11) is 0. The Bertz CT molecular complexity index is 307. The molecule has 0 aromatic carbocycles. The molecular weight excluding hydrogens is 304 g/mol. The second kappa shape index (κ2) is 7.06. The van der Waals surface area contributed by atoms with Gasteiger partial charge in [0, 0.05) is 26.2 Å². The molecule has 2 heterocycles. The van der Waals surface area contributed by atoms with Crippen LogP contribution < -0.4 is 0 Å². The van der Waals surface area contributed by atoms with Crippen LogP contribution in [0.2, 0.25) is 0 Å². The van der Waals surface area contributed by atoms with Crippen molar-refractivity contribution in [3.63, 3.8) is 0 Å². The number of carbonyl (C=O) groups excluding carboxylic acids is 2. The summed E-state index contributed by atoms with van der Waals surface area (Å²) in [6, 6.07) is 0. The van der Waals surface area contributed by atoms with Crippen LogP contribution in [-0.2, 0) is 19.1 Å². The fourth-order valence-corrected chi connectivity index (χ4v) is 2.14. The highest BCUT2D eigenvalue weighted by Gasteiger charge is 2.34. The largest absolute Gasteiger partial charge is 0.452 e. The highest BCUT2D eigenvalue weighted by Crippen LogP contribution is 2.10. The minimum atomic E-state index is -0.726. The summed E-state index contributed by atoms with van der Waals surface area (Å²) in [5.41, 5.74) is 0. The molecule has 0 radical (unpaired) electrons. The molecule has 0 aromatic heterocycles. The molecule has 0 aromatic rings. The molecule has 2 aliphatic heterocycles. The maximum absolute atomic E-state index is 11.4. The molecule has 0 bridgehead atoms. The molecule has 1 amide bonds. The quantitative estimate of drug-likeness (QED) is 0.526. The van der Waals surface area contributed by atoms with Gasteiger partial charge in [0.05, 0.1) is 19.8 Å². The van der Waals surface area contributed by atoms with E-state index in [-0.39, 0.29) is 23.1 Å². The first kappa shape index (κ1) is 15.4. The molecule has 1 unspecified atom stereocenters. The predicted octanol–water partition coefficient (Wildman–Crippen LogP) is -0.330. The lowest BCUT2D eigenvalue weighted by molar-refractivity contribution is -0.173. The number of likely N-dealkylation sites (N-methyl/N-ethyl adjacent to an activating group) is 1. The van der Waals surface area contributed by atoms with Gasteiger partial charge in [0.2, 0.25) is 0 Å². The SMILES string of the molecule is Br.CCN1CC(CN2CCOCC2)OC(=O)C1=O. The van der Waals surface area contributed by atoms with Crippen LogP contribution in [0.15, 0.2) is 0 Å². The average Bonchev–Trinajstić information content (AvgIpc) is 2.35. The number of carbonyl (C=O) groups is 2. The first-order chi connectivity index (χ1) is 8.20. The average molecular weight is 323 g/mol. The smallest absolute Gasteiger partial charge is 0.397 e. The number of esters is 1. The number of cyclic esters (lactones) is 1. The summed E-state index contributed by atoms with van der Waals surface area (Å²) in [4.78, 5) is 26.5. The van der Waals surface area contributed by atoms with Crippen molar-refractivity contribution in [1.82, 2.24) is 9.80 Å². The Balaban J connectivity index is 0.00000162. The van der Waals surface area contributed by atoms with E-state index in [0.717, 1.165) is 26.3 Å². The van der Waals surface area contributed by atoms with Crippen LogP contribution in [0.1, 0.15) is 6.92 Å². The summed E-state index contributed by atoms with van der Waals surface area (Å²) in [5, 5.41) is 0. The van der Waals surface area contributed by atoms with Crippen molar-refractivity contribution in [2.24, 2.45) is 0 Å². The maximum Gasteiger partial charge on any atom is 0.397 e. The standard InChI is InChI=1S/C11H18N2O4.BrH/c1-2-13-8-9(17-11(15)10(13)14)7-12-3-5-16-6-4-12;/h9H,2-8H2,1H3;1H. The summed E-state index contributed by atoms with van der Waals surface area (Å²) in [5.74, 6) is -1.25. The van der Waals surface area contributed by atoms with Crippen molar-refractivity contribution in [2.45, 2.75) is 13.0 Å². The monoisotopic (exact) mass is 322 g/mol. The third kappa shape index (κ3) is 3.66. The van der Waals surface area contributed by atoms with Crippen LogP contribution in [0, 0.1) is 0 Å². The van der Waals surface area contributed by atoms with E-state index in [0.29, 0.717) is 19.6 Å². The van der Waals surface area contributed by atoms with Gasteiger partial charge < -0.3 is 14.4 Å². The molecule has 0 spiro atoms. The van der Waals surface area contributed by atoms with Crippen molar-refractivity contribution < 1.29 is 19.1 Å². The van der Waals surface area contributed by atoms with E-state index >= 15 is 0 Å². The predicted molar refractivity (Wildman–Crippen MR) is 69.7 cm³/mol. The minimum absolute atomic E-state index is 0. The number of rotatable bonds is 3. The van der Waals surface area contributed by atoms with Crippen molar-refractivity contribution in [3.05, 3.63) is 0 Å². The van der Waals surface area contributed by atoms with E-state index in [1.807, 2.05) is 6.92 Å². The van der Waals surface area contributed by atoms with Crippen molar-refractivity contribution in [3.8, 4) is 0 Å². The summed E-state index contributed by atoms with van der Waals surface area (Å²) in [6.07, 6.45) is -0.210. The fraction of sp³-hybridized carbons (Fsp3) is 0.818. The second-order valence-corrected chi connectivity index (χ2v) is 4.28. The van der Waals surface area contributed by atoms with Gasteiger partial charge in [-0.1, -0.05) is 0 Å². The molecule has 0 aliphatic carbocycles. The molecule has 1 atom stereocenters.